The van der Waals surface area contributed by atoms with Crippen LogP contribution in [0.15, 0.2) is 48.5 Å². The Morgan fingerprint density at radius 1 is 1.11 bits per heavy atom. The Balaban J connectivity index is 1.71. The SMILES string of the molecule is O=C(CC1c2ccccc2CN1C(=O)O)NC(Cc1ccc(Cl)cc1)C(=O)O. The summed E-state index contributed by atoms with van der Waals surface area (Å²) < 4.78 is 0. The summed E-state index contributed by atoms with van der Waals surface area (Å²) in [6.07, 6.45) is -1.17. The van der Waals surface area contributed by atoms with Crippen LogP contribution < -0.4 is 5.32 Å². The first-order valence-corrected chi connectivity index (χ1v) is 9.07. The third-order valence-corrected chi connectivity index (χ3v) is 4.99. The standard InChI is InChI=1S/C20H19ClN2O5/c21-14-7-5-12(6-8-14)9-16(19(25)26)22-18(24)10-17-15-4-2-1-3-13(15)11-23(17)20(27)28/h1-8,16-17H,9-11H2,(H,22,24)(H,25,26)(H,27,28). The van der Waals surface area contributed by atoms with Crippen LogP contribution in [0.4, 0.5) is 4.79 Å². The molecule has 2 aromatic rings. The van der Waals surface area contributed by atoms with Crippen LogP contribution in [0.3, 0.4) is 0 Å². The predicted octanol–water partition coefficient (Wildman–Crippen LogP) is 3.08. The van der Waals surface area contributed by atoms with Crippen LogP contribution in [0.2, 0.25) is 5.02 Å². The molecule has 2 amide bonds. The second kappa shape index (κ2) is 8.31. The molecule has 1 aliphatic heterocycles. The monoisotopic (exact) mass is 402 g/mol. The fraction of sp³-hybridized carbons (Fsp3) is 0.250. The molecule has 0 fully saturated rings. The molecule has 8 heteroatoms. The average molecular weight is 403 g/mol. The highest BCUT2D eigenvalue weighted by atomic mass is 35.5. The normalized spacial score (nSPS) is 16.3. The lowest BCUT2D eigenvalue weighted by Crippen LogP contribution is -2.43. The number of halogens is 1. The molecule has 2 aromatic carbocycles. The minimum atomic E-state index is -1.16. The van der Waals surface area contributed by atoms with Crippen molar-refractivity contribution < 1.29 is 24.6 Å². The number of carboxylic acids is 1. The highest BCUT2D eigenvalue weighted by Gasteiger charge is 2.35. The van der Waals surface area contributed by atoms with E-state index in [9.17, 15) is 24.6 Å². The van der Waals surface area contributed by atoms with E-state index in [1.54, 1.807) is 36.4 Å². The number of amides is 2. The van der Waals surface area contributed by atoms with Gasteiger partial charge in [0, 0.05) is 18.0 Å². The molecule has 0 bridgehead atoms. The molecule has 3 rings (SSSR count). The van der Waals surface area contributed by atoms with Crippen molar-refractivity contribution in [2.24, 2.45) is 0 Å². The van der Waals surface area contributed by atoms with E-state index in [4.69, 9.17) is 11.6 Å². The molecule has 3 N–H and O–H groups in total. The molecule has 0 radical (unpaired) electrons. The smallest absolute Gasteiger partial charge is 0.408 e. The van der Waals surface area contributed by atoms with Crippen molar-refractivity contribution in [3.05, 3.63) is 70.2 Å². The van der Waals surface area contributed by atoms with Gasteiger partial charge in [0.1, 0.15) is 6.04 Å². The van der Waals surface area contributed by atoms with Crippen molar-refractivity contribution in [2.75, 3.05) is 0 Å². The first-order chi connectivity index (χ1) is 13.3. The summed E-state index contributed by atoms with van der Waals surface area (Å²) in [4.78, 5) is 36.8. The summed E-state index contributed by atoms with van der Waals surface area (Å²) in [7, 11) is 0. The minimum Gasteiger partial charge on any atom is -0.480 e. The quantitative estimate of drug-likeness (QED) is 0.688. The lowest BCUT2D eigenvalue weighted by atomic mass is 10.0. The number of rotatable bonds is 6. The van der Waals surface area contributed by atoms with Crippen molar-refractivity contribution in [1.29, 1.82) is 0 Å². The van der Waals surface area contributed by atoms with Crippen molar-refractivity contribution in [3.63, 3.8) is 0 Å². The molecule has 0 spiro atoms. The molecule has 0 aliphatic carbocycles. The first kappa shape index (κ1) is 19.7. The van der Waals surface area contributed by atoms with Gasteiger partial charge in [-0.2, -0.15) is 0 Å². The van der Waals surface area contributed by atoms with E-state index in [0.29, 0.717) is 5.02 Å². The number of carboxylic acid groups (broad SMARTS) is 2. The average Bonchev–Trinajstić information content (AvgIpc) is 3.02. The van der Waals surface area contributed by atoms with Crippen molar-refractivity contribution >= 4 is 29.6 Å². The molecule has 1 aliphatic rings. The van der Waals surface area contributed by atoms with Gasteiger partial charge in [0.25, 0.3) is 0 Å². The van der Waals surface area contributed by atoms with Crippen LogP contribution in [0.25, 0.3) is 0 Å². The summed E-state index contributed by atoms with van der Waals surface area (Å²) in [5.74, 6) is -1.68. The summed E-state index contributed by atoms with van der Waals surface area (Å²) in [5.41, 5.74) is 2.33. The molecule has 1 heterocycles. The number of nitrogens with one attached hydrogen (secondary N) is 1. The molecule has 28 heavy (non-hydrogen) atoms. The van der Waals surface area contributed by atoms with Crippen LogP contribution in [-0.4, -0.2) is 39.1 Å². The molecule has 0 saturated carbocycles. The second-order valence-corrected chi connectivity index (χ2v) is 7.05. The Kier molecular flexibility index (Phi) is 5.84. The van der Waals surface area contributed by atoms with Crippen molar-refractivity contribution in [3.8, 4) is 0 Å². The fourth-order valence-electron chi connectivity index (χ4n) is 3.37. The molecule has 146 valence electrons. The zero-order chi connectivity index (χ0) is 20.3. The maximum atomic E-state index is 12.5. The van der Waals surface area contributed by atoms with Crippen molar-refractivity contribution in [1.82, 2.24) is 10.2 Å². The Morgan fingerprint density at radius 2 is 1.79 bits per heavy atom. The largest absolute Gasteiger partial charge is 0.480 e. The molecule has 2 unspecified atom stereocenters. The number of hydrogen-bond acceptors (Lipinski definition) is 3. The summed E-state index contributed by atoms with van der Waals surface area (Å²) in [6, 6.07) is 12.2. The van der Waals surface area contributed by atoms with Crippen LogP contribution in [0.5, 0.6) is 0 Å². The lowest BCUT2D eigenvalue weighted by molar-refractivity contribution is -0.142. The third-order valence-electron chi connectivity index (χ3n) is 4.74. The van der Waals surface area contributed by atoms with Gasteiger partial charge >= 0.3 is 12.1 Å². The van der Waals surface area contributed by atoms with Crippen LogP contribution in [-0.2, 0) is 22.6 Å². The fourth-order valence-corrected chi connectivity index (χ4v) is 3.50. The maximum Gasteiger partial charge on any atom is 0.408 e. The van der Waals surface area contributed by atoms with Gasteiger partial charge in [0.15, 0.2) is 0 Å². The highest BCUT2D eigenvalue weighted by Crippen LogP contribution is 2.35. The summed E-state index contributed by atoms with van der Waals surface area (Å²) in [6.45, 7) is 0.205. The topological polar surface area (TPSA) is 107 Å². The van der Waals surface area contributed by atoms with Crippen LogP contribution in [0, 0.1) is 0 Å². The van der Waals surface area contributed by atoms with Crippen molar-refractivity contribution in [2.45, 2.75) is 31.5 Å². The van der Waals surface area contributed by atoms with E-state index in [2.05, 4.69) is 5.32 Å². The van der Waals surface area contributed by atoms with E-state index in [1.165, 1.54) is 4.90 Å². The summed E-state index contributed by atoms with van der Waals surface area (Å²) >= 11 is 5.83. The minimum absolute atomic E-state index is 0.0993. The molecular weight excluding hydrogens is 384 g/mol. The molecular formula is C20H19ClN2O5. The number of nitrogens with zero attached hydrogens (tertiary/aromatic N) is 1. The Bertz CT molecular complexity index is 900. The lowest BCUT2D eigenvalue weighted by Gasteiger charge is -2.23. The molecule has 0 saturated heterocycles. The highest BCUT2D eigenvalue weighted by molar-refractivity contribution is 6.30. The molecule has 0 aromatic heterocycles. The van der Waals surface area contributed by atoms with E-state index in [-0.39, 0.29) is 19.4 Å². The zero-order valence-electron chi connectivity index (χ0n) is 14.8. The van der Waals surface area contributed by atoms with Gasteiger partial charge < -0.3 is 15.5 Å². The Morgan fingerprint density at radius 3 is 2.43 bits per heavy atom. The predicted molar refractivity (Wildman–Crippen MR) is 102 cm³/mol. The molecule has 2 atom stereocenters. The number of aliphatic carboxylic acids is 1. The summed E-state index contributed by atoms with van der Waals surface area (Å²) in [5, 5.41) is 21.9. The maximum absolute atomic E-state index is 12.5. The van der Waals surface area contributed by atoms with E-state index >= 15 is 0 Å². The first-order valence-electron chi connectivity index (χ1n) is 8.69. The zero-order valence-corrected chi connectivity index (χ0v) is 15.6. The number of benzene rings is 2. The van der Waals surface area contributed by atoms with E-state index in [1.807, 2.05) is 12.1 Å². The van der Waals surface area contributed by atoms with Gasteiger partial charge in [-0.3, -0.25) is 9.69 Å². The van der Waals surface area contributed by atoms with E-state index < -0.39 is 30.1 Å². The van der Waals surface area contributed by atoms with Gasteiger partial charge in [0.05, 0.1) is 12.5 Å². The number of hydrogen-bond donors (Lipinski definition) is 3. The van der Waals surface area contributed by atoms with Gasteiger partial charge in [-0.15, -0.1) is 0 Å². The number of carbonyl (C=O) groups excluding carboxylic acids is 1. The second-order valence-electron chi connectivity index (χ2n) is 6.62. The molecule has 7 nitrogen and oxygen atoms in total. The third kappa shape index (κ3) is 4.43. The Hall–Kier alpha value is -3.06. The van der Waals surface area contributed by atoms with Gasteiger partial charge in [-0.25, -0.2) is 9.59 Å². The van der Waals surface area contributed by atoms with Gasteiger partial charge in [-0.05, 0) is 28.8 Å². The van der Waals surface area contributed by atoms with Gasteiger partial charge in [0.2, 0.25) is 5.91 Å². The van der Waals surface area contributed by atoms with Crippen LogP contribution >= 0.6 is 11.6 Å². The van der Waals surface area contributed by atoms with Crippen LogP contribution in [0.1, 0.15) is 29.2 Å². The van der Waals surface area contributed by atoms with E-state index in [0.717, 1.165) is 16.7 Å². The number of fused-ring (bicyclic) bond motifs is 1. The Labute approximate surface area is 166 Å². The number of carbonyl (C=O) groups is 3. The van der Waals surface area contributed by atoms with Gasteiger partial charge in [-0.1, -0.05) is 48.0 Å².